The second kappa shape index (κ2) is 6.11. The molecule has 2 fully saturated rings. The van der Waals surface area contributed by atoms with E-state index in [0.29, 0.717) is 24.3 Å². The Hall–Kier alpha value is -2.63. The molecule has 2 aliphatic rings. The van der Waals surface area contributed by atoms with Crippen molar-refractivity contribution in [3.05, 3.63) is 42.5 Å². The van der Waals surface area contributed by atoms with Crippen LogP contribution in [0.2, 0.25) is 0 Å². The highest BCUT2D eigenvalue weighted by Crippen LogP contribution is 2.38. The summed E-state index contributed by atoms with van der Waals surface area (Å²) in [7, 11) is 1.65. The molecule has 0 aromatic heterocycles. The van der Waals surface area contributed by atoms with Crippen molar-refractivity contribution in [2.45, 2.75) is 12.8 Å². The number of likely N-dealkylation sites (N-methyl/N-ethyl adjacent to an activating group) is 1. The van der Waals surface area contributed by atoms with E-state index in [1.165, 1.54) is 11.0 Å². The lowest BCUT2D eigenvalue weighted by Gasteiger charge is -2.50. The van der Waals surface area contributed by atoms with E-state index in [9.17, 15) is 14.4 Å². The normalized spacial score (nSPS) is 18.5. The van der Waals surface area contributed by atoms with Crippen LogP contribution in [0.4, 0.5) is 5.69 Å². The quantitative estimate of drug-likeness (QED) is 0.848. The fourth-order valence-corrected chi connectivity index (χ4v) is 3.33. The van der Waals surface area contributed by atoms with Crippen LogP contribution in [0.25, 0.3) is 0 Å². The Balaban J connectivity index is 1.65. The van der Waals surface area contributed by atoms with Gasteiger partial charge >= 0.3 is 0 Å². The van der Waals surface area contributed by atoms with Gasteiger partial charge in [-0.05, 0) is 43.2 Å². The topological polar surface area (TPSA) is 69.7 Å². The van der Waals surface area contributed by atoms with Crippen molar-refractivity contribution >= 4 is 23.4 Å². The largest absolute Gasteiger partial charge is 0.356 e. The van der Waals surface area contributed by atoms with Crippen molar-refractivity contribution < 1.29 is 14.4 Å². The summed E-state index contributed by atoms with van der Waals surface area (Å²) in [6, 6.07) is 6.88. The lowest BCUT2D eigenvalue weighted by molar-refractivity contribution is -0.142. The van der Waals surface area contributed by atoms with Crippen LogP contribution in [0.5, 0.6) is 0 Å². The van der Waals surface area contributed by atoms with Gasteiger partial charge in [0.1, 0.15) is 0 Å². The molecule has 2 heterocycles. The Labute approximate surface area is 141 Å². The van der Waals surface area contributed by atoms with Crippen molar-refractivity contribution in [3.8, 4) is 0 Å². The predicted molar refractivity (Wildman–Crippen MR) is 90.6 cm³/mol. The van der Waals surface area contributed by atoms with Crippen molar-refractivity contribution in [2.24, 2.45) is 5.41 Å². The summed E-state index contributed by atoms with van der Waals surface area (Å²) in [4.78, 5) is 39.3. The maximum Gasteiger partial charge on any atom is 0.253 e. The second-order valence-electron chi connectivity index (χ2n) is 6.45. The molecular weight excluding hydrogens is 306 g/mol. The smallest absolute Gasteiger partial charge is 0.253 e. The van der Waals surface area contributed by atoms with Gasteiger partial charge in [0.15, 0.2) is 0 Å². The Bertz CT molecular complexity index is 690. The minimum Gasteiger partial charge on any atom is -0.356 e. The molecule has 0 radical (unpaired) electrons. The predicted octanol–water partition coefficient (Wildman–Crippen LogP) is 1.19. The first-order valence-corrected chi connectivity index (χ1v) is 8.05. The van der Waals surface area contributed by atoms with E-state index >= 15 is 0 Å². The molecule has 0 saturated carbocycles. The van der Waals surface area contributed by atoms with Gasteiger partial charge in [-0.15, -0.1) is 0 Å². The lowest BCUT2D eigenvalue weighted by atomic mass is 9.73. The number of benzene rings is 1. The highest BCUT2D eigenvalue weighted by atomic mass is 16.2. The molecule has 2 aliphatic heterocycles. The minimum atomic E-state index is -0.384. The van der Waals surface area contributed by atoms with Crippen molar-refractivity contribution in [1.82, 2.24) is 10.2 Å². The van der Waals surface area contributed by atoms with Crippen LogP contribution in [0.3, 0.4) is 0 Å². The van der Waals surface area contributed by atoms with Crippen LogP contribution < -0.4 is 10.2 Å². The molecule has 1 aromatic rings. The number of nitrogens with one attached hydrogen (secondary N) is 1. The monoisotopic (exact) mass is 327 g/mol. The number of nitrogens with zero attached hydrogens (tertiary/aromatic N) is 2. The summed E-state index contributed by atoms with van der Waals surface area (Å²) in [5.41, 5.74) is 0.872. The first-order chi connectivity index (χ1) is 11.5. The molecule has 126 valence electrons. The highest BCUT2D eigenvalue weighted by molar-refractivity contribution is 6.01. The van der Waals surface area contributed by atoms with Gasteiger partial charge in [0.05, 0.1) is 5.41 Å². The van der Waals surface area contributed by atoms with Gasteiger partial charge in [-0.25, -0.2) is 0 Å². The molecule has 0 unspecified atom stereocenters. The summed E-state index contributed by atoms with van der Waals surface area (Å²) in [6.45, 7) is 5.15. The van der Waals surface area contributed by atoms with Gasteiger partial charge in [-0.3, -0.25) is 14.4 Å². The molecule has 6 heteroatoms. The number of rotatable bonds is 3. The highest BCUT2D eigenvalue weighted by Gasteiger charge is 2.51. The number of hydrogen-bond donors (Lipinski definition) is 1. The Morgan fingerprint density at radius 3 is 2.54 bits per heavy atom. The molecule has 2 saturated heterocycles. The number of piperidine rings is 1. The number of amides is 3. The number of anilines is 1. The zero-order valence-corrected chi connectivity index (χ0v) is 13.7. The molecule has 3 rings (SSSR count). The standard InChI is InChI=1S/C18H21N3O3/c1-3-15(22)20(2)14-7-5-13(6-8-14)16(23)21-11-18(12-21)9-4-10-19-17(18)24/h3,5-8H,1,4,9-12H2,2H3,(H,19,24). The van der Waals surface area contributed by atoms with Crippen LogP contribution in [0, 0.1) is 5.41 Å². The van der Waals surface area contributed by atoms with E-state index in [2.05, 4.69) is 11.9 Å². The first kappa shape index (κ1) is 16.2. The van der Waals surface area contributed by atoms with Crippen LogP contribution in [-0.4, -0.2) is 49.3 Å². The first-order valence-electron chi connectivity index (χ1n) is 8.05. The molecule has 24 heavy (non-hydrogen) atoms. The zero-order chi connectivity index (χ0) is 17.3. The summed E-state index contributed by atoms with van der Waals surface area (Å²) < 4.78 is 0. The van der Waals surface area contributed by atoms with E-state index in [1.54, 1.807) is 36.2 Å². The Morgan fingerprint density at radius 1 is 1.29 bits per heavy atom. The summed E-state index contributed by atoms with van der Waals surface area (Å²) in [5, 5.41) is 2.89. The summed E-state index contributed by atoms with van der Waals surface area (Å²) in [6.07, 6.45) is 3.05. The molecule has 0 atom stereocenters. The molecule has 1 spiro atoms. The summed E-state index contributed by atoms with van der Waals surface area (Å²) >= 11 is 0. The SMILES string of the molecule is C=CC(=O)N(C)c1ccc(C(=O)N2CC3(CCCNC3=O)C2)cc1. The van der Waals surface area contributed by atoms with Crippen molar-refractivity contribution in [2.75, 3.05) is 31.6 Å². The molecular formula is C18H21N3O3. The lowest BCUT2D eigenvalue weighted by Crippen LogP contribution is -2.66. The maximum atomic E-state index is 12.5. The van der Waals surface area contributed by atoms with E-state index in [0.717, 1.165) is 19.4 Å². The number of carbonyl (C=O) groups is 3. The minimum absolute atomic E-state index is 0.0673. The number of likely N-dealkylation sites (tertiary alicyclic amines) is 1. The molecule has 0 bridgehead atoms. The van der Waals surface area contributed by atoms with E-state index in [4.69, 9.17) is 0 Å². The molecule has 0 aliphatic carbocycles. The molecule has 3 amide bonds. The Kier molecular flexibility index (Phi) is 4.13. The van der Waals surface area contributed by atoms with E-state index in [1.807, 2.05) is 0 Å². The Morgan fingerprint density at radius 2 is 1.96 bits per heavy atom. The maximum absolute atomic E-state index is 12.5. The van der Waals surface area contributed by atoms with Gasteiger partial charge in [0, 0.05) is 37.9 Å². The molecule has 1 N–H and O–H groups in total. The van der Waals surface area contributed by atoms with Crippen molar-refractivity contribution in [1.29, 1.82) is 0 Å². The van der Waals surface area contributed by atoms with E-state index < -0.39 is 0 Å². The van der Waals surface area contributed by atoms with Gasteiger partial charge in [0.25, 0.3) is 5.91 Å². The van der Waals surface area contributed by atoms with Gasteiger partial charge in [0.2, 0.25) is 11.8 Å². The van der Waals surface area contributed by atoms with Crippen molar-refractivity contribution in [3.63, 3.8) is 0 Å². The van der Waals surface area contributed by atoms with Gasteiger partial charge < -0.3 is 15.1 Å². The van der Waals surface area contributed by atoms with Gasteiger partial charge in [-0.1, -0.05) is 6.58 Å². The van der Waals surface area contributed by atoms with Gasteiger partial charge in [-0.2, -0.15) is 0 Å². The van der Waals surface area contributed by atoms with E-state index in [-0.39, 0.29) is 23.1 Å². The average molecular weight is 327 g/mol. The van der Waals surface area contributed by atoms with Crippen LogP contribution >= 0.6 is 0 Å². The number of hydrogen-bond acceptors (Lipinski definition) is 3. The van der Waals surface area contributed by atoms with Crippen LogP contribution in [0.1, 0.15) is 23.2 Å². The molecule has 1 aromatic carbocycles. The number of carbonyl (C=O) groups excluding carboxylic acids is 3. The van der Waals surface area contributed by atoms with Crippen LogP contribution in [-0.2, 0) is 9.59 Å². The fourth-order valence-electron chi connectivity index (χ4n) is 3.33. The zero-order valence-electron chi connectivity index (χ0n) is 13.7. The third-order valence-electron chi connectivity index (χ3n) is 4.88. The average Bonchev–Trinajstić information content (AvgIpc) is 2.58. The second-order valence-corrected chi connectivity index (χ2v) is 6.45. The third-order valence-corrected chi connectivity index (χ3v) is 4.88. The van der Waals surface area contributed by atoms with Crippen LogP contribution in [0.15, 0.2) is 36.9 Å². The fraction of sp³-hybridized carbons (Fsp3) is 0.389. The molecule has 6 nitrogen and oxygen atoms in total. The third kappa shape index (κ3) is 2.68. The summed E-state index contributed by atoms with van der Waals surface area (Å²) in [5.74, 6) is -0.219.